The second-order valence-corrected chi connectivity index (χ2v) is 7.85. The van der Waals surface area contributed by atoms with Crippen LogP contribution in [0, 0.1) is 0 Å². The Balaban J connectivity index is 1.50. The summed E-state index contributed by atoms with van der Waals surface area (Å²) in [5, 5.41) is 5.06. The van der Waals surface area contributed by atoms with Crippen molar-refractivity contribution in [3.8, 4) is 0 Å². The van der Waals surface area contributed by atoms with Gasteiger partial charge in [-0.25, -0.2) is 0 Å². The van der Waals surface area contributed by atoms with Gasteiger partial charge in [-0.2, -0.15) is 0 Å². The van der Waals surface area contributed by atoms with Crippen molar-refractivity contribution in [3.63, 3.8) is 0 Å². The molecule has 0 saturated carbocycles. The monoisotopic (exact) mass is 371 g/mol. The molecule has 0 spiro atoms. The summed E-state index contributed by atoms with van der Waals surface area (Å²) >= 11 is 1.47. The summed E-state index contributed by atoms with van der Waals surface area (Å²) in [5.41, 5.74) is 1.88. The molecule has 1 fully saturated rings. The summed E-state index contributed by atoms with van der Waals surface area (Å²) in [4.78, 5) is 29.0. The first kappa shape index (κ1) is 18.6. The van der Waals surface area contributed by atoms with Crippen LogP contribution in [0.25, 0.3) is 0 Å². The second kappa shape index (κ2) is 8.47. The van der Waals surface area contributed by atoms with E-state index in [4.69, 9.17) is 0 Å². The smallest absolute Gasteiger partial charge is 0.261 e. The Hall–Kier alpha value is -2.18. The molecule has 1 aliphatic heterocycles. The number of hydrogen-bond acceptors (Lipinski definition) is 4. The Morgan fingerprint density at radius 1 is 1.19 bits per heavy atom. The van der Waals surface area contributed by atoms with Gasteiger partial charge in [0.2, 0.25) is 0 Å². The molecular weight excluding hydrogens is 346 g/mol. The topological polar surface area (TPSA) is 52.7 Å². The highest BCUT2D eigenvalue weighted by Crippen LogP contribution is 2.16. The first-order chi connectivity index (χ1) is 12.5. The Morgan fingerprint density at radius 3 is 2.62 bits per heavy atom. The van der Waals surface area contributed by atoms with Crippen molar-refractivity contribution >= 4 is 23.2 Å². The SMILES string of the molecule is CN(C)C(=O)c1cccc(CN2CCC(NC(=O)c3cccs3)CC2)c1. The van der Waals surface area contributed by atoms with E-state index in [1.54, 1.807) is 19.0 Å². The zero-order chi connectivity index (χ0) is 18.5. The molecule has 5 nitrogen and oxygen atoms in total. The van der Waals surface area contributed by atoms with Crippen LogP contribution < -0.4 is 5.32 Å². The Labute approximate surface area is 158 Å². The quantitative estimate of drug-likeness (QED) is 0.879. The third-order valence-corrected chi connectivity index (χ3v) is 5.52. The van der Waals surface area contributed by atoms with Gasteiger partial charge >= 0.3 is 0 Å². The number of piperidine rings is 1. The summed E-state index contributed by atoms with van der Waals surface area (Å²) in [6.07, 6.45) is 1.90. The highest BCUT2D eigenvalue weighted by atomic mass is 32.1. The number of amides is 2. The van der Waals surface area contributed by atoms with Gasteiger partial charge in [0.05, 0.1) is 4.88 Å². The van der Waals surface area contributed by atoms with Gasteiger partial charge in [0.25, 0.3) is 11.8 Å². The molecule has 0 atom stereocenters. The van der Waals surface area contributed by atoms with Crippen molar-refractivity contribution in [2.24, 2.45) is 0 Å². The number of carbonyl (C=O) groups excluding carboxylic acids is 2. The molecule has 0 radical (unpaired) electrons. The number of likely N-dealkylation sites (tertiary alicyclic amines) is 1. The predicted octanol–water partition coefficient (Wildman–Crippen LogP) is 2.84. The number of rotatable bonds is 5. The highest BCUT2D eigenvalue weighted by molar-refractivity contribution is 7.12. The van der Waals surface area contributed by atoms with Crippen molar-refractivity contribution in [2.75, 3.05) is 27.2 Å². The van der Waals surface area contributed by atoms with Crippen LogP contribution in [-0.2, 0) is 6.54 Å². The van der Waals surface area contributed by atoms with Gasteiger partial charge in [0.15, 0.2) is 0 Å². The number of carbonyl (C=O) groups is 2. The van der Waals surface area contributed by atoms with Crippen LogP contribution in [0.15, 0.2) is 41.8 Å². The largest absolute Gasteiger partial charge is 0.349 e. The average molecular weight is 372 g/mol. The van der Waals surface area contributed by atoms with Crippen molar-refractivity contribution in [1.82, 2.24) is 15.1 Å². The molecule has 6 heteroatoms. The van der Waals surface area contributed by atoms with Gasteiger partial charge in [-0.15, -0.1) is 11.3 Å². The maximum Gasteiger partial charge on any atom is 0.261 e. The van der Waals surface area contributed by atoms with E-state index in [1.807, 2.05) is 35.7 Å². The van der Waals surface area contributed by atoms with Crippen molar-refractivity contribution < 1.29 is 9.59 Å². The van der Waals surface area contributed by atoms with Crippen molar-refractivity contribution in [1.29, 1.82) is 0 Å². The van der Waals surface area contributed by atoms with Crippen LogP contribution in [0.2, 0.25) is 0 Å². The van der Waals surface area contributed by atoms with Crippen molar-refractivity contribution in [2.45, 2.75) is 25.4 Å². The van der Waals surface area contributed by atoms with Gasteiger partial charge in [0, 0.05) is 45.3 Å². The first-order valence-electron chi connectivity index (χ1n) is 8.90. The fourth-order valence-electron chi connectivity index (χ4n) is 3.22. The van der Waals surface area contributed by atoms with E-state index in [0.717, 1.165) is 48.5 Å². The van der Waals surface area contributed by atoms with Gasteiger partial charge < -0.3 is 10.2 Å². The third-order valence-electron chi connectivity index (χ3n) is 4.65. The number of nitrogens with one attached hydrogen (secondary N) is 1. The van der Waals surface area contributed by atoms with Crippen LogP contribution in [0.4, 0.5) is 0 Å². The molecule has 138 valence electrons. The summed E-state index contributed by atoms with van der Waals surface area (Å²) in [5.74, 6) is 0.0650. The lowest BCUT2D eigenvalue weighted by Crippen LogP contribution is -2.44. The minimum Gasteiger partial charge on any atom is -0.349 e. The lowest BCUT2D eigenvalue weighted by atomic mass is 10.0. The zero-order valence-electron chi connectivity index (χ0n) is 15.3. The maximum absolute atomic E-state index is 12.2. The molecule has 2 aromatic rings. The summed E-state index contributed by atoms with van der Waals surface area (Å²) in [6.45, 7) is 2.72. The summed E-state index contributed by atoms with van der Waals surface area (Å²) in [6, 6.07) is 11.8. The minimum absolute atomic E-state index is 0.0295. The normalized spacial score (nSPS) is 15.6. The van der Waals surface area contributed by atoms with E-state index in [0.29, 0.717) is 0 Å². The van der Waals surface area contributed by atoms with E-state index in [9.17, 15) is 9.59 Å². The number of nitrogens with zero attached hydrogens (tertiary/aromatic N) is 2. The highest BCUT2D eigenvalue weighted by Gasteiger charge is 2.21. The molecule has 1 saturated heterocycles. The van der Waals surface area contributed by atoms with Gasteiger partial charge in [-0.3, -0.25) is 14.5 Å². The molecule has 1 aromatic carbocycles. The van der Waals surface area contributed by atoms with Gasteiger partial charge in [-0.05, 0) is 42.0 Å². The standard InChI is InChI=1S/C20H25N3O2S/c1-22(2)20(25)16-6-3-5-15(13-16)14-23-10-8-17(9-11-23)21-19(24)18-7-4-12-26-18/h3-7,12-13,17H,8-11,14H2,1-2H3,(H,21,24). The van der Waals surface area contributed by atoms with Crippen LogP contribution in [-0.4, -0.2) is 54.8 Å². The molecule has 2 heterocycles. The third kappa shape index (κ3) is 4.71. The molecule has 0 aliphatic carbocycles. The minimum atomic E-state index is 0.0295. The molecule has 26 heavy (non-hydrogen) atoms. The second-order valence-electron chi connectivity index (χ2n) is 6.90. The molecule has 2 amide bonds. The van der Waals surface area contributed by atoms with E-state index in [2.05, 4.69) is 16.3 Å². The van der Waals surface area contributed by atoms with Crippen LogP contribution >= 0.6 is 11.3 Å². The van der Waals surface area contributed by atoms with E-state index in [-0.39, 0.29) is 17.9 Å². The molecule has 1 aromatic heterocycles. The average Bonchev–Trinajstić information content (AvgIpc) is 3.18. The molecule has 1 N–H and O–H groups in total. The van der Waals surface area contributed by atoms with Crippen molar-refractivity contribution in [3.05, 3.63) is 57.8 Å². The van der Waals surface area contributed by atoms with E-state index in [1.165, 1.54) is 11.3 Å². The number of thiophene rings is 1. The first-order valence-corrected chi connectivity index (χ1v) is 9.78. The zero-order valence-corrected chi connectivity index (χ0v) is 16.1. The molecular formula is C20H25N3O2S. The molecule has 3 rings (SSSR count). The van der Waals surface area contributed by atoms with Gasteiger partial charge in [0.1, 0.15) is 0 Å². The number of hydrogen-bond donors (Lipinski definition) is 1. The van der Waals surface area contributed by atoms with Crippen LogP contribution in [0.5, 0.6) is 0 Å². The van der Waals surface area contributed by atoms with E-state index >= 15 is 0 Å². The fourth-order valence-corrected chi connectivity index (χ4v) is 3.85. The lowest BCUT2D eigenvalue weighted by Gasteiger charge is -2.32. The summed E-state index contributed by atoms with van der Waals surface area (Å²) < 4.78 is 0. The molecule has 0 unspecified atom stereocenters. The summed E-state index contributed by atoms with van der Waals surface area (Å²) in [7, 11) is 3.54. The lowest BCUT2D eigenvalue weighted by molar-refractivity contribution is 0.0827. The predicted molar refractivity (Wildman–Crippen MR) is 105 cm³/mol. The van der Waals surface area contributed by atoms with Crippen LogP contribution in [0.1, 0.15) is 38.4 Å². The Bertz CT molecular complexity index is 750. The van der Waals surface area contributed by atoms with Crippen LogP contribution in [0.3, 0.4) is 0 Å². The Kier molecular flexibility index (Phi) is 6.06. The molecule has 1 aliphatic rings. The maximum atomic E-state index is 12.2. The fraction of sp³-hybridized carbons (Fsp3) is 0.400. The number of benzene rings is 1. The Morgan fingerprint density at radius 2 is 1.96 bits per heavy atom. The van der Waals surface area contributed by atoms with Gasteiger partial charge in [-0.1, -0.05) is 18.2 Å². The molecule has 0 bridgehead atoms. The van der Waals surface area contributed by atoms with E-state index < -0.39 is 0 Å².